The molecule has 150 valence electrons. The van der Waals surface area contributed by atoms with Crippen LogP contribution in [-0.2, 0) is 16.1 Å². The van der Waals surface area contributed by atoms with Gasteiger partial charge in [0.2, 0.25) is 0 Å². The Labute approximate surface area is 168 Å². The second kappa shape index (κ2) is 9.87. The van der Waals surface area contributed by atoms with Crippen LogP contribution < -0.4 is 0 Å². The SMILES string of the molecule is COC(=O)CC[C@H]1CN(Cc2ccccc2Cl)CC[C@H]1N1CCN(C)CC1. The fourth-order valence-electron chi connectivity index (χ4n) is 4.43. The van der Waals surface area contributed by atoms with E-state index in [0.717, 1.165) is 63.7 Å². The molecule has 0 unspecified atom stereocenters. The third-order valence-electron chi connectivity index (χ3n) is 6.08. The van der Waals surface area contributed by atoms with Gasteiger partial charge in [0.25, 0.3) is 0 Å². The highest BCUT2D eigenvalue weighted by molar-refractivity contribution is 6.31. The third-order valence-corrected chi connectivity index (χ3v) is 6.45. The average Bonchev–Trinajstić information content (AvgIpc) is 2.69. The molecule has 0 aliphatic carbocycles. The molecule has 0 amide bonds. The van der Waals surface area contributed by atoms with Gasteiger partial charge >= 0.3 is 5.97 Å². The van der Waals surface area contributed by atoms with Gasteiger partial charge in [-0.2, -0.15) is 0 Å². The predicted molar refractivity (Wildman–Crippen MR) is 109 cm³/mol. The first-order chi connectivity index (χ1) is 13.1. The second-order valence-electron chi connectivity index (χ2n) is 7.90. The van der Waals surface area contributed by atoms with Crippen molar-refractivity contribution in [3.8, 4) is 0 Å². The van der Waals surface area contributed by atoms with Crippen molar-refractivity contribution in [3.05, 3.63) is 34.9 Å². The van der Waals surface area contributed by atoms with Crippen LogP contribution in [0.2, 0.25) is 5.02 Å². The quantitative estimate of drug-likeness (QED) is 0.694. The molecule has 1 aromatic rings. The smallest absolute Gasteiger partial charge is 0.305 e. The summed E-state index contributed by atoms with van der Waals surface area (Å²) >= 11 is 6.36. The summed E-state index contributed by atoms with van der Waals surface area (Å²) in [6, 6.07) is 8.66. The minimum atomic E-state index is -0.102. The molecule has 2 fully saturated rings. The number of nitrogens with zero attached hydrogens (tertiary/aromatic N) is 3. The van der Waals surface area contributed by atoms with Crippen molar-refractivity contribution in [1.29, 1.82) is 0 Å². The monoisotopic (exact) mass is 393 g/mol. The molecule has 2 saturated heterocycles. The summed E-state index contributed by atoms with van der Waals surface area (Å²) < 4.78 is 4.88. The molecule has 0 spiro atoms. The molecule has 0 saturated carbocycles. The van der Waals surface area contributed by atoms with Crippen molar-refractivity contribution in [2.75, 3.05) is 53.4 Å². The zero-order chi connectivity index (χ0) is 19.2. The van der Waals surface area contributed by atoms with Crippen LogP contribution >= 0.6 is 11.6 Å². The van der Waals surface area contributed by atoms with Crippen LogP contribution in [0.15, 0.2) is 24.3 Å². The summed E-state index contributed by atoms with van der Waals surface area (Å²) in [7, 11) is 3.67. The molecule has 0 N–H and O–H groups in total. The van der Waals surface area contributed by atoms with Gasteiger partial charge in [-0.25, -0.2) is 0 Å². The molecule has 0 aromatic heterocycles. The number of piperazine rings is 1. The lowest BCUT2D eigenvalue weighted by atomic mass is 9.86. The highest BCUT2D eigenvalue weighted by atomic mass is 35.5. The largest absolute Gasteiger partial charge is 0.469 e. The summed E-state index contributed by atoms with van der Waals surface area (Å²) in [4.78, 5) is 19.3. The molecular formula is C21H32ClN3O2. The minimum Gasteiger partial charge on any atom is -0.469 e. The number of piperidine rings is 1. The van der Waals surface area contributed by atoms with Crippen LogP contribution in [-0.4, -0.2) is 80.1 Å². The Hall–Kier alpha value is -1.14. The molecule has 3 rings (SSSR count). The maximum Gasteiger partial charge on any atom is 0.305 e. The van der Waals surface area contributed by atoms with E-state index in [1.165, 1.54) is 12.7 Å². The van der Waals surface area contributed by atoms with Crippen molar-refractivity contribution in [3.63, 3.8) is 0 Å². The number of benzene rings is 1. The first-order valence-corrected chi connectivity index (χ1v) is 10.4. The summed E-state index contributed by atoms with van der Waals surface area (Å²) in [6.45, 7) is 7.48. The average molecular weight is 394 g/mol. The van der Waals surface area contributed by atoms with E-state index in [-0.39, 0.29) is 5.97 Å². The number of carbonyl (C=O) groups excluding carboxylic acids is 1. The van der Waals surface area contributed by atoms with Crippen LogP contribution in [0.1, 0.15) is 24.8 Å². The van der Waals surface area contributed by atoms with Gasteiger partial charge in [0.1, 0.15) is 0 Å². The number of likely N-dealkylation sites (N-methyl/N-ethyl adjacent to an activating group) is 1. The van der Waals surface area contributed by atoms with Gasteiger partial charge < -0.3 is 9.64 Å². The van der Waals surface area contributed by atoms with Gasteiger partial charge in [0.05, 0.1) is 7.11 Å². The van der Waals surface area contributed by atoms with E-state index in [0.29, 0.717) is 18.4 Å². The topological polar surface area (TPSA) is 36.0 Å². The van der Waals surface area contributed by atoms with Crippen LogP contribution in [0.25, 0.3) is 0 Å². The molecule has 2 heterocycles. The Morgan fingerprint density at radius 2 is 1.93 bits per heavy atom. The van der Waals surface area contributed by atoms with Crippen molar-refractivity contribution in [2.45, 2.75) is 31.8 Å². The van der Waals surface area contributed by atoms with Gasteiger partial charge in [0.15, 0.2) is 0 Å². The molecule has 6 heteroatoms. The first-order valence-electron chi connectivity index (χ1n) is 10.0. The lowest BCUT2D eigenvalue weighted by molar-refractivity contribution is -0.141. The maximum atomic E-state index is 11.7. The van der Waals surface area contributed by atoms with E-state index in [1.54, 1.807) is 0 Å². The summed E-state index contributed by atoms with van der Waals surface area (Å²) in [6.07, 6.45) is 2.55. The van der Waals surface area contributed by atoms with Gasteiger partial charge in [-0.15, -0.1) is 0 Å². The molecule has 2 atom stereocenters. The van der Waals surface area contributed by atoms with Crippen LogP contribution in [0.5, 0.6) is 0 Å². The number of rotatable bonds is 6. The number of esters is 1. The summed E-state index contributed by atoms with van der Waals surface area (Å²) in [5, 5.41) is 0.838. The Kier molecular flexibility index (Phi) is 7.53. The lowest BCUT2D eigenvalue weighted by Crippen LogP contribution is -2.56. The molecule has 0 bridgehead atoms. The first kappa shape index (κ1) is 20.6. The fraction of sp³-hybridized carbons (Fsp3) is 0.667. The van der Waals surface area contributed by atoms with Gasteiger partial charge in [-0.3, -0.25) is 14.6 Å². The molecule has 5 nitrogen and oxygen atoms in total. The van der Waals surface area contributed by atoms with Crippen LogP contribution in [0.4, 0.5) is 0 Å². The zero-order valence-electron chi connectivity index (χ0n) is 16.6. The van der Waals surface area contributed by atoms with Crippen molar-refractivity contribution < 1.29 is 9.53 Å². The van der Waals surface area contributed by atoms with Gasteiger partial charge in [0, 0.05) is 56.8 Å². The number of carbonyl (C=O) groups is 1. The lowest BCUT2D eigenvalue weighted by Gasteiger charge is -2.46. The second-order valence-corrected chi connectivity index (χ2v) is 8.30. The Balaban J connectivity index is 1.64. The number of halogens is 1. The van der Waals surface area contributed by atoms with Gasteiger partial charge in [-0.1, -0.05) is 29.8 Å². The van der Waals surface area contributed by atoms with Crippen LogP contribution in [0, 0.1) is 5.92 Å². The molecule has 2 aliphatic rings. The molecule has 0 radical (unpaired) electrons. The zero-order valence-corrected chi connectivity index (χ0v) is 17.3. The van der Waals surface area contributed by atoms with E-state index in [9.17, 15) is 4.79 Å². The maximum absolute atomic E-state index is 11.7. The predicted octanol–water partition coefficient (Wildman–Crippen LogP) is 2.73. The standard InChI is InChI=1S/C21H32ClN3O2/c1-23-11-13-25(14-12-23)20-9-10-24(15-17-5-3-4-6-19(17)22)16-18(20)7-8-21(26)27-2/h3-6,18,20H,7-16H2,1-2H3/t18-,20+/m0/s1. The molecule has 27 heavy (non-hydrogen) atoms. The van der Waals surface area contributed by atoms with Crippen molar-refractivity contribution in [1.82, 2.24) is 14.7 Å². The fourth-order valence-corrected chi connectivity index (χ4v) is 4.63. The van der Waals surface area contributed by atoms with Gasteiger partial charge in [-0.05, 0) is 44.0 Å². The number of hydrogen-bond acceptors (Lipinski definition) is 5. The minimum absolute atomic E-state index is 0.102. The normalized spacial score (nSPS) is 25.4. The highest BCUT2D eigenvalue weighted by Crippen LogP contribution is 2.29. The third kappa shape index (κ3) is 5.67. The van der Waals surface area contributed by atoms with Crippen molar-refractivity contribution in [2.24, 2.45) is 5.92 Å². The number of methoxy groups -OCH3 is 1. The Morgan fingerprint density at radius 1 is 1.19 bits per heavy atom. The number of ether oxygens (including phenoxy) is 1. The van der Waals surface area contributed by atoms with E-state index in [4.69, 9.17) is 16.3 Å². The van der Waals surface area contributed by atoms with Crippen molar-refractivity contribution >= 4 is 17.6 Å². The highest BCUT2D eigenvalue weighted by Gasteiger charge is 2.34. The van der Waals surface area contributed by atoms with E-state index < -0.39 is 0 Å². The molecule has 1 aromatic carbocycles. The van der Waals surface area contributed by atoms with E-state index >= 15 is 0 Å². The van der Waals surface area contributed by atoms with E-state index in [2.05, 4.69) is 27.8 Å². The Bertz CT molecular complexity index is 619. The summed E-state index contributed by atoms with van der Waals surface area (Å²) in [5.41, 5.74) is 1.18. The number of hydrogen-bond donors (Lipinski definition) is 0. The molecule has 2 aliphatic heterocycles. The summed E-state index contributed by atoms with van der Waals surface area (Å²) in [5.74, 6) is 0.388. The van der Waals surface area contributed by atoms with Crippen LogP contribution in [0.3, 0.4) is 0 Å². The van der Waals surface area contributed by atoms with E-state index in [1.807, 2.05) is 18.2 Å². The number of likely N-dealkylation sites (tertiary alicyclic amines) is 1. The molecular weight excluding hydrogens is 362 g/mol. The Morgan fingerprint density at radius 3 is 2.63 bits per heavy atom.